The molecule has 3 heteroatoms. The van der Waals surface area contributed by atoms with Crippen molar-refractivity contribution in [2.75, 3.05) is 39.8 Å². The van der Waals surface area contributed by atoms with Gasteiger partial charge in [-0.05, 0) is 26.3 Å². The monoisotopic (exact) mass is 288 g/mol. The van der Waals surface area contributed by atoms with Crippen molar-refractivity contribution >= 4 is 0 Å². The Bertz CT molecular complexity index is 396. The number of hydrogen-bond donors (Lipinski definition) is 0. The van der Waals surface area contributed by atoms with Gasteiger partial charge in [-0.3, -0.25) is 4.90 Å². The van der Waals surface area contributed by atoms with Gasteiger partial charge in [0.05, 0.1) is 0 Å². The molecule has 21 heavy (non-hydrogen) atoms. The van der Waals surface area contributed by atoms with Crippen molar-refractivity contribution in [3.05, 3.63) is 41.2 Å². The molecule has 3 nitrogen and oxygen atoms in total. The summed E-state index contributed by atoms with van der Waals surface area (Å²) in [5, 5.41) is 4.63. The number of nitrogens with zero attached hydrogens (tertiary/aromatic N) is 3. The van der Waals surface area contributed by atoms with Crippen LogP contribution in [0.2, 0.25) is 0 Å². The van der Waals surface area contributed by atoms with Crippen LogP contribution < -0.4 is 0 Å². The molecule has 1 saturated heterocycles. The van der Waals surface area contributed by atoms with Crippen molar-refractivity contribution in [1.29, 1.82) is 0 Å². The molecule has 1 heterocycles. The standard InChI is InChI=1S/C18H30N3/c1-15(2)21-12-10-20(11-13-21)14-16(3)18(19-4)17-8-6-5-7-9-17/h5-9,15-16,18H,10-14H2,1-4H3/q-1/t16-,18+/m0/s1. The van der Waals surface area contributed by atoms with Crippen LogP contribution in [0.15, 0.2) is 30.3 Å². The molecular weight excluding hydrogens is 258 g/mol. The number of hydrogen-bond acceptors (Lipinski definition) is 2. The van der Waals surface area contributed by atoms with E-state index in [1.165, 1.54) is 31.7 Å². The summed E-state index contributed by atoms with van der Waals surface area (Å²) in [4.78, 5) is 5.17. The third kappa shape index (κ3) is 4.53. The summed E-state index contributed by atoms with van der Waals surface area (Å²) in [6.45, 7) is 12.8. The molecular formula is C18H30N3-. The highest BCUT2D eigenvalue weighted by Gasteiger charge is 2.21. The predicted molar refractivity (Wildman–Crippen MR) is 90.8 cm³/mol. The second-order valence-electron chi connectivity index (χ2n) is 6.52. The second-order valence-corrected chi connectivity index (χ2v) is 6.52. The van der Waals surface area contributed by atoms with Gasteiger partial charge in [0, 0.05) is 32.2 Å². The fourth-order valence-electron chi connectivity index (χ4n) is 3.35. The molecule has 0 aliphatic carbocycles. The van der Waals surface area contributed by atoms with E-state index in [0.717, 1.165) is 6.54 Å². The van der Waals surface area contributed by atoms with Gasteiger partial charge in [-0.25, -0.2) is 0 Å². The van der Waals surface area contributed by atoms with Gasteiger partial charge in [0.15, 0.2) is 0 Å². The summed E-state index contributed by atoms with van der Waals surface area (Å²) in [6.07, 6.45) is 0. The lowest BCUT2D eigenvalue weighted by atomic mass is 9.94. The first-order chi connectivity index (χ1) is 10.1. The Morgan fingerprint density at radius 3 is 2.14 bits per heavy atom. The lowest BCUT2D eigenvalue weighted by Gasteiger charge is -2.41. The summed E-state index contributed by atoms with van der Waals surface area (Å²) in [5.41, 5.74) is 1.34. The Kier molecular flexibility index (Phi) is 6.22. The zero-order chi connectivity index (χ0) is 15.2. The molecule has 2 rings (SSSR count). The van der Waals surface area contributed by atoms with Crippen molar-refractivity contribution in [1.82, 2.24) is 9.80 Å². The normalized spacial score (nSPS) is 20.6. The number of piperazine rings is 1. The molecule has 0 radical (unpaired) electrons. The lowest BCUT2D eigenvalue weighted by Crippen LogP contribution is -2.50. The molecule has 1 fully saturated rings. The minimum Gasteiger partial charge on any atom is -0.658 e. The van der Waals surface area contributed by atoms with Gasteiger partial charge in [-0.2, -0.15) is 7.05 Å². The highest BCUT2D eigenvalue weighted by Crippen LogP contribution is 2.29. The van der Waals surface area contributed by atoms with Crippen molar-refractivity contribution < 1.29 is 0 Å². The van der Waals surface area contributed by atoms with Crippen LogP contribution in [0.1, 0.15) is 32.4 Å². The van der Waals surface area contributed by atoms with Crippen molar-refractivity contribution in [3.8, 4) is 0 Å². The molecule has 1 aromatic rings. The molecule has 0 spiro atoms. The molecule has 0 aromatic heterocycles. The van der Waals surface area contributed by atoms with Crippen LogP contribution in [0, 0.1) is 5.92 Å². The zero-order valence-electron chi connectivity index (χ0n) is 14.0. The van der Waals surface area contributed by atoms with Gasteiger partial charge in [0.25, 0.3) is 0 Å². The van der Waals surface area contributed by atoms with E-state index in [-0.39, 0.29) is 0 Å². The van der Waals surface area contributed by atoms with Gasteiger partial charge in [0.1, 0.15) is 0 Å². The van der Waals surface area contributed by atoms with E-state index in [9.17, 15) is 0 Å². The summed E-state index contributed by atoms with van der Waals surface area (Å²) >= 11 is 0. The summed E-state index contributed by atoms with van der Waals surface area (Å²) in [5.74, 6) is 0.558. The first-order valence-corrected chi connectivity index (χ1v) is 8.22. The Balaban J connectivity index is 1.87. The van der Waals surface area contributed by atoms with Gasteiger partial charge in [-0.15, -0.1) is 6.04 Å². The van der Waals surface area contributed by atoms with E-state index in [0.29, 0.717) is 18.0 Å². The van der Waals surface area contributed by atoms with Gasteiger partial charge >= 0.3 is 0 Å². The Morgan fingerprint density at radius 1 is 1.00 bits per heavy atom. The fraction of sp³-hybridized carbons (Fsp3) is 0.667. The summed E-state index contributed by atoms with van der Waals surface area (Å²) in [6, 6.07) is 11.7. The maximum atomic E-state index is 4.63. The average Bonchev–Trinajstić information content (AvgIpc) is 2.49. The number of rotatable bonds is 6. The van der Waals surface area contributed by atoms with E-state index in [4.69, 9.17) is 0 Å². The van der Waals surface area contributed by atoms with Crippen molar-refractivity contribution in [2.24, 2.45) is 5.92 Å². The molecule has 1 aliphatic rings. The SMILES string of the molecule is C[N-][C@@H](c1ccccc1)[C@@H](C)CN1CCN(C(C)C)CC1. The van der Waals surface area contributed by atoms with Crippen LogP contribution in [0.5, 0.6) is 0 Å². The molecule has 2 atom stereocenters. The average molecular weight is 288 g/mol. The molecule has 1 aliphatic heterocycles. The van der Waals surface area contributed by atoms with Crippen LogP contribution in [0.4, 0.5) is 0 Å². The highest BCUT2D eigenvalue weighted by atomic mass is 15.3. The molecule has 0 unspecified atom stereocenters. The molecule has 0 bridgehead atoms. The largest absolute Gasteiger partial charge is 0.658 e. The smallest absolute Gasteiger partial charge is 0.0113 e. The van der Waals surface area contributed by atoms with E-state index in [1.54, 1.807) is 0 Å². The highest BCUT2D eigenvalue weighted by molar-refractivity contribution is 5.23. The number of benzene rings is 1. The Morgan fingerprint density at radius 2 is 1.62 bits per heavy atom. The third-order valence-corrected chi connectivity index (χ3v) is 4.64. The van der Waals surface area contributed by atoms with E-state index >= 15 is 0 Å². The Hall–Kier alpha value is -0.900. The van der Waals surface area contributed by atoms with Gasteiger partial charge in [0.2, 0.25) is 0 Å². The zero-order valence-corrected chi connectivity index (χ0v) is 14.0. The van der Waals surface area contributed by atoms with Crippen LogP contribution in [0.25, 0.3) is 5.32 Å². The lowest BCUT2D eigenvalue weighted by molar-refractivity contribution is 0.0967. The first kappa shape index (κ1) is 16.5. The van der Waals surface area contributed by atoms with Crippen molar-refractivity contribution in [3.63, 3.8) is 0 Å². The summed E-state index contributed by atoms with van der Waals surface area (Å²) in [7, 11) is 1.95. The molecule has 0 amide bonds. The predicted octanol–water partition coefficient (Wildman–Crippen LogP) is 3.39. The van der Waals surface area contributed by atoms with Gasteiger partial charge in [-0.1, -0.05) is 42.8 Å². The minimum atomic E-state index is 0.314. The summed E-state index contributed by atoms with van der Waals surface area (Å²) < 4.78 is 0. The van der Waals surface area contributed by atoms with Crippen LogP contribution in [-0.4, -0.2) is 55.6 Å². The van der Waals surface area contributed by atoms with Crippen molar-refractivity contribution in [2.45, 2.75) is 32.9 Å². The van der Waals surface area contributed by atoms with Crippen LogP contribution >= 0.6 is 0 Å². The first-order valence-electron chi connectivity index (χ1n) is 8.22. The molecule has 1 aromatic carbocycles. The second kappa shape index (κ2) is 7.92. The van der Waals surface area contributed by atoms with Crippen LogP contribution in [-0.2, 0) is 0 Å². The molecule has 0 N–H and O–H groups in total. The Labute approximate surface area is 130 Å². The fourth-order valence-corrected chi connectivity index (χ4v) is 3.35. The van der Waals surface area contributed by atoms with E-state index in [1.807, 2.05) is 7.05 Å². The van der Waals surface area contributed by atoms with Crippen LogP contribution in [0.3, 0.4) is 0 Å². The van der Waals surface area contributed by atoms with E-state index in [2.05, 4.69) is 66.2 Å². The topological polar surface area (TPSA) is 20.6 Å². The molecule has 118 valence electrons. The maximum Gasteiger partial charge on any atom is 0.0113 e. The maximum absolute atomic E-state index is 4.63. The minimum absolute atomic E-state index is 0.314. The quantitative estimate of drug-likeness (QED) is 0.800. The molecule has 0 saturated carbocycles. The third-order valence-electron chi connectivity index (χ3n) is 4.64. The van der Waals surface area contributed by atoms with E-state index < -0.39 is 0 Å². The van der Waals surface area contributed by atoms with Gasteiger partial charge < -0.3 is 10.2 Å².